The van der Waals surface area contributed by atoms with Crippen LogP contribution in [0.1, 0.15) is 0 Å². The molecule has 0 unspecified atom stereocenters. The van der Waals surface area contributed by atoms with Crippen LogP contribution in [-0.2, 0) is 0 Å². The van der Waals surface area contributed by atoms with E-state index in [9.17, 15) is 0 Å². The Morgan fingerprint density at radius 2 is 1.10 bits per heavy atom. The Morgan fingerprint density at radius 3 is 1.50 bits per heavy atom. The highest BCUT2D eigenvalue weighted by atomic mass is 34.3. The monoisotopic (exact) mass is 468 g/mol. The maximum absolute atomic E-state index is 9.09. The van der Waals surface area contributed by atoms with E-state index in [0.717, 1.165) is 31.3 Å². The molecule has 0 atom stereocenters. The summed E-state index contributed by atoms with van der Waals surface area (Å²) < 4.78 is 0. The number of nitrogens with two attached hydrogens (primary N) is 2. The largest absolute Gasteiger partial charge is 0.379 e. The highest BCUT2D eigenvalue weighted by molar-refractivity contribution is 9.98. The summed E-state index contributed by atoms with van der Waals surface area (Å²) in [5.74, 6) is 0. The smallest absolute Gasteiger partial charge is 0.161 e. The zero-order valence-electron chi connectivity index (χ0n) is 15.9. The predicted molar refractivity (Wildman–Crippen MR) is 139 cm³/mol. The van der Waals surface area contributed by atoms with Gasteiger partial charge in [0.05, 0.1) is 0 Å². The standard InChI is InChI=1S/C22H20N4S4/c23-21(24)27-30(22(25)26,28-29-30,19-13-5-9-15-7-1-3-11-17(15)19)20-14-6-10-16-8-2-4-12-18(16)20/h1-14H,(H3,23,24)(H3,25,26). The molecule has 30 heavy (non-hydrogen) atoms. The molecule has 0 saturated carbocycles. The molecule has 0 spiro atoms. The summed E-state index contributed by atoms with van der Waals surface area (Å²) in [6.45, 7) is 0. The van der Waals surface area contributed by atoms with Crippen LogP contribution >= 0.6 is 35.8 Å². The summed E-state index contributed by atoms with van der Waals surface area (Å²) in [6.07, 6.45) is 0. The first kappa shape index (κ1) is 19.7. The second-order valence-corrected chi connectivity index (χ2v) is 25.0. The van der Waals surface area contributed by atoms with Crippen LogP contribution in [0.3, 0.4) is 0 Å². The summed E-state index contributed by atoms with van der Waals surface area (Å²) in [5, 5.41) is 17.7. The number of hydrogen-bond acceptors (Lipinski definition) is 5. The Balaban J connectivity index is 2.07. The first-order valence-electron chi connectivity index (χ1n) is 9.20. The lowest BCUT2D eigenvalue weighted by Crippen LogP contribution is -2.33. The van der Waals surface area contributed by atoms with Crippen molar-refractivity contribution in [2.75, 3.05) is 0 Å². The summed E-state index contributed by atoms with van der Waals surface area (Å²) >= 11 is 0. The topological polar surface area (TPSA) is 99.7 Å². The highest BCUT2D eigenvalue weighted by Gasteiger charge is 2.82. The second-order valence-electron chi connectivity index (χ2n) is 7.16. The molecule has 8 heteroatoms. The molecule has 0 amide bonds. The van der Waals surface area contributed by atoms with Crippen LogP contribution in [0.5, 0.6) is 0 Å². The maximum Gasteiger partial charge on any atom is 0.161 e. The minimum Gasteiger partial charge on any atom is -0.379 e. The molecule has 1 aliphatic rings. The number of fused-ring (bicyclic) bond motifs is 2. The van der Waals surface area contributed by atoms with Gasteiger partial charge in [0.1, 0.15) is 0 Å². The third kappa shape index (κ3) is 2.14. The molecule has 0 aliphatic carbocycles. The molecule has 152 valence electrons. The van der Waals surface area contributed by atoms with Crippen molar-refractivity contribution in [1.82, 2.24) is 0 Å². The van der Waals surface area contributed by atoms with Crippen molar-refractivity contribution in [2.45, 2.75) is 9.79 Å². The van der Waals surface area contributed by atoms with E-state index in [-0.39, 0.29) is 10.3 Å². The van der Waals surface area contributed by atoms with Crippen molar-refractivity contribution in [3.05, 3.63) is 84.9 Å². The number of amidine groups is 2. The second kappa shape index (κ2) is 6.13. The normalized spacial score (nSPS) is 20.4. The molecule has 0 aromatic heterocycles. The van der Waals surface area contributed by atoms with Gasteiger partial charge in [-0.15, -0.1) is 0 Å². The average Bonchev–Trinajstić information content (AvgIpc) is 3.47. The van der Waals surface area contributed by atoms with E-state index < -0.39 is 5.39 Å². The van der Waals surface area contributed by atoms with Gasteiger partial charge in [0.25, 0.3) is 0 Å². The quantitative estimate of drug-likeness (QED) is 0.110. The number of rotatable bonds is 2. The molecule has 0 bridgehead atoms. The number of nitrogens with one attached hydrogen (secondary N) is 2. The lowest BCUT2D eigenvalue weighted by molar-refractivity contribution is 1.43. The number of benzene rings is 4. The van der Waals surface area contributed by atoms with Crippen molar-refractivity contribution in [2.24, 2.45) is 11.5 Å². The van der Waals surface area contributed by atoms with Gasteiger partial charge in [-0.25, -0.2) is 0 Å². The minimum atomic E-state index is -4.00. The van der Waals surface area contributed by atoms with Crippen LogP contribution in [0.4, 0.5) is 0 Å². The van der Waals surface area contributed by atoms with E-state index in [0.29, 0.717) is 0 Å². The van der Waals surface area contributed by atoms with E-state index >= 15 is 0 Å². The summed E-state index contributed by atoms with van der Waals surface area (Å²) in [4.78, 5) is 1.96. The first-order chi connectivity index (χ1) is 14.4. The Morgan fingerprint density at radius 1 is 0.667 bits per heavy atom. The summed E-state index contributed by atoms with van der Waals surface area (Å²) in [5.41, 5.74) is 12.7. The van der Waals surface area contributed by atoms with Gasteiger partial charge >= 0.3 is 0 Å². The van der Waals surface area contributed by atoms with Gasteiger partial charge in [-0.05, 0) is 69.5 Å². The van der Waals surface area contributed by atoms with E-state index in [1.165, 1.54) is 10.8 Å². The molecule has 5 rings (SSSR count). The Kier molecular flexibility index (Phi) is 4.03. The van der Waals surface area contributed by atoms with Crippen molar-refractivity contribution in [1.29, 1.82) is 10.8 Å². The fourth-order valence-electron chi connectivity index (χ4n) is 4.18. The zero-order chi connectivity index (χ0) is 21.0. The molecule has 4 nitrogen and oxygen atoms in total. The highest BCUT2D eigenvalue weighted by Crippen LogP contribution is 3.33. The SMILES string of the molecule is N=C(N)SS1(C(=N)N)(c2cccc3ccccc23)(c2cccc3ccccc23)SS1. The van der Waals surface area contributed by atoms with Gasteiger partial charge in [0.2, 0.25) is 0 Å². The van der Waals surface area contributed by atoms with Crippen LogP contribution in [0.25, 0.3) is 21.5 Å². The van der Waals surface area contributed by atoms with E-state index in [1.807, 2.05) is 36.4 Å². The van der Waals surface area contributed by atoms with Crippen LogP contribution < -0.4 is 11.5 Å². The molecule has 0 radical (unpaired) electrons. The van der Waals surface area contributed by atoms with Crippen molar-refractivity contribution >= 4 is 67.7 Å². The van der Waals surface area contributed by atoms with Gasteiger partial charge in [-0.2, -0.15) is 0 Å². The van der Waals surface area contributed by atoms with Crippen molar-refractivity contribution in [3.8, 4) is 0 Å². The first-order valence-corrected chi connectivity index (χ1v) is 16.2. The van der Waals surface area contributed by atoms with E-state index in [2.05, 4.69) is 48.5 Å². The fraction of sp³-hybridized carbons (Fsp3) is 0. The molecule has 1 heterocycles. The van der Waals surface area contributed by atoms with Crippen molar-refractivity contribution < 1.29 is 0 Å². The van der Waals surface area contributed by atoms with Crippen LogP contribution in [0.15, 0.2) is 94.7 Å². The molecule has 1 aliphatic heterocycles. The summed E-state index contributed by atoms with van der Waals surface area (Å²) in [7, 11) is 4.48. The Bertz CT molecular complexity index is 1300. The molecule has 4 aromatic rings. The molecular weight excluding hydrogens is 449 g/mol. The third-order valence-corrected chi connectivity index (χ3v) is 29.1. The van der Waals surface area contributed by atoms with Gasteiger partial charge < -0.3 is 11.5 Å². The van der Waals surface area contributed by atoms with Crippen LogP contribution in [0.2, 0.25) is 0 Å². The predicted octanol–water partition coefficient (Wildman–Crippen LogP) is 6.95. The molecule has 4 aromatic carbocycles. The lowest BCUT2D eigenvalue weighted by atomic mass is 10.1. The minimum absolute atomic E-state index is 0.0368. The van der Waals surface area contributed by atoms with Gasteiger partial charge in [-0.1, -0.05) is 72.8 Å². The zero-order valence-corrected chi connectivity index (χ0v) is 19.1. The Hall–Kier alpha value is -2.26. The summed E-state index contributed by atoms with van der Waals surface area (Å²) in [6, 6.07) is 28.6. The average molecular weight is 469 g/mol. The fourth-order valence-corrected chi connectivity index (χ4v) is 27.7. The number of hydrogen-bond donors (Lipinski definition) is 4. The lowest BCUT2D eigenvalue weighted by Gasteiger charge is -2.59. The van der Waals surface area contributed by atoms with Gasteiger partial charge in [-0.3, -0.25) is 10.8 Å². The Labute approximate surface area is 184 Å². The molecular formula is C22H20N4S4. The molecule has 1 fully saturated rings. The molecule has 1 saturated heterocycles. The van der Waals surface area contributed by atoms with Gasteiger partial charge in [0, 0.05) is 9.79 Å². The maximum atomic E-state index is 9.09. The van der Waals surface area contributed by atoms with E-state index in [1.54, 1.807) is 19.7 Å². The van der Waals surface area contributed by atoms with Crippen LogP contribution in [-0.4, -0.2) is 10.3 Å². The van der Waals surface area contributed by atoms with Crippen molar-refractivity contribution in [3.63, 3.8) is 0 Å². The van der Waals surface area contributed by atoms with E-state index in [4.69, 9.17) is 22.3 Å². The van der Waals surface area contributed by atoms with Gasteiger partial charge in [0.15, 0.2) is 10.3 Å². The van der Waals surface area contributed by atoms with Crippen LogP contribution in [0, 0.1) is 10.8 Å². The third-order valence-electron chi connectivity index (χ3n) is 5.58. The molecule has 6 N–H and O–H groups in total.